The lowest BCUT2D eigenvalue weighted by molar-refractivity contribution is 0.369. The first kappa shape index (κ1) is 9.08. The Bertz CT molecular complexity index is 347. The van der Waals surface area contributed by atoms with Crippen molar-refractivity contribution in [3.63, 3.8) is 0 Å². The van der Waals surface area contributed by atoms with Crippen molar-refractivity contribution in [3.05, 3.63) is 16.5 Å². The van der Waals surface area contributed by atoms with Crippen LogP contribution in [0.2, 0.25) is 0 Å². The van der Waals surface area contributed by atoms with Crippen molar-refractivity contribution in [1.29, 1.82) is 0 Å². The molecule has 7 heteroatoms. The molecule has 0 saturated carbocycles. The van der Waals surface area contributed by atoms with Gasteiger partial charge in [-0.25, -0.2) is 0 Å². The second-order valence-corrected chi connectivity index (χ2v) is 1.97. The Hall–Kier alpha value is -2.01. The number of rotatable bonds is 3. The van der Waals surface area contributed by atoms with Crippen molar-refractivity contribution in [2.24, 2.45) is 5.11 Å². The van der Waals surface area contributed by atoms with Crippen molar-refractivity contribution < 1.29 is 9.47 Å². The number of aromatic nitrogens is 2. The van der Waals surface area contributed by atoms with E-state index in [9.17, 15) is 0 Å². The molecule has 13 heavy (non-hydrogen) atoms. The molecule has 0 aromatic carbocycles. The third-order valence-electron chi connectivity index (χ3n) is 1.27. The molecule has 0 saturated heterocycles. The zero-order chi connectivity index (χ0) is 9.68. The molecule has 1 heterocycles. The molecule has 0 amide bonds. The van der Waals surface area contributed by atoms with Gasteiger partial charge in [0.05, 0.1) is 14.2 Å². The van der Waals surface area contributed by atoms with Crippen molar-refractivity contribution in [2.45, 2.75) is 0 Å². The minimum absolute atomic E-state index is 0.165. The fraction of sp³-hybridized carbons (Fsp3) is 0.333. The summed E-state index contributed by atoms with van der Waals surface area (Å²) in [6.07, 6.45) is 0. The van der Waals surface area contributed by atoms with Crippen LogP contribution in [0.4, 0.5) is 5.69 Å². The summed E-state index contributed by atoms with van der Waals surface area (Å²) in [5.41, 5.74) is 8.46. The van der Waals surface area contributed by atoms with Gasteiger partial charge in [0, 0.05) is 11.0 Å². The number of ether oxygens (including phenoxy) is 2. The molecular formula is C6H7N5O2. The molecular weight excluding hydrogens is 174 g/mol. The fourth-order valence-corrected chi connectivity index (χ4v) is 0.718. The van der Waals surface area contributed by atoms with Gasteiger partial charge in [0.2, 0.25) is 11.8 Å². The summed E-state index contributed by atoms with van der Waals surface area (Å²) in [6.45, 7) is 0. The maximum atomic E-state index is 8.22. The van der Waals surface area contributed by atoms with Crippen LogP contribution in [0.1, 0.15) is 0 Å². The average molecular weight is 181 g/mol. The average Bonchev–Trinajstić information content (AvgIpc) is 2.18. The van der Waals surface area contributed by atoms with Crippen molar-refractivity contribution >= 4 is 5.69 Å². The maximum absolute atomic E-state index is 8.22. The van der Waals surface area contributed by atoms with E-state index in [4.69, 9.17) is 15.0 Å². The van der Waals surface area contributed by atoms with Gasteiger partial charge >= 0.3 is 0 Å². The van der Waals surface area contributed by atoms with E-state index in [0.29, 0.717) is 0 Å². The highest BCUT2D eigenvalue weighted by Gasteiger charge is 2.05. The molecule has 7 nitrogen and oxygen atoms in total. The lowest BCUT2D eigenvalue weighted by Crippen LogP contribution is -1.93. The highest BCUT2D eigenvalue weighted by atomic mass is 16.5. The normalized spacial score (nSPS) is 8.77. The summed E-state index contributed by atoms with van der Waals surface area (Å²) < 4.78 is 9.59. The third-order valence-corrected chi connectivity index (χ3v) is 1.27. The summed E-state index contributed by atoms with van der Waals surface area (Å²) in [7, 11) is 2.85. The summed E-state index contributed by atoms with van der Waals surface area (Å²) in [5, 5.41) is 10.6. The quantitative estimate of drug-likeness (QED) is 0.400. The van der Waals surface area contributed by atoms with Crippen LogP contribution in [-0.2, 0) is 0 Å². The Kier molecular flexibility index (Phi) is 2.88. The van der Waals surface area contributed by atoms with Gasteiger partial charge in [-0.05, 0) is 5.53 Å². The molecule has 0 atom stereocenters. The van der Waals surface area contributed by atoms with Crippen LogP contribution in [0.25, 0.3) is 10.4 Å². The largest absolute Gasteiger partial charge is 0.480 e. The third kappa shape index (κ3) is 1.97. The van der Waals surface area contributed by atoms with Crippen LogP contribution in [-0.4, -0.2) is 24.4 Å². The number of azide groups is 1. The highest BCUT2D eigenvalue weighted by Crippen LogP contribution is 2.26. The lowest BCUT2D eigenvalue weighted by atomic mass is 10.4. The van der Waals surface area contributed by atoms with Gasteiger partial charge in [-0.1, -0.05) is 5.11 Å². The van der Waals surface area contributed by atoms with E-state index in [1.807, 2.05) is 0 Å². The summed E-state index contributed by atoms with van der Waals surface area (Å²) in [4.78, 5) is 2.61. The molecule has 0 bridgehead atoms. The first-order chi connectivity index (χ1) is 6.31. The zero-order valence-electron chi connectivity index (χ0n) is 7.13. The monoisotopic (exact) mass is 181 g/mol. The molecule has 0 unspecified atom stereocenters. The standard InChI is InChI=1S/C6H7N5O2/c1-12-5-3-4(8-11-7)6(13-2)10-9-5/h3H,1-2H3. The second-order valence-electron chi connectivity index (χ2n) is 1.97. The molecule has 0 fully saturated rings. The van der Waals surface area contributed by atoms with Crippen molar-refractivity contribution in [3.8, 4) is 11.8 Å². The van der Waals surface area contributed by atoms with Crippen LogP contribution in [0.5, 0.6) is 11.8 Å². The van der Waals surface area contributed by atoms with Crippen LogP contribution in [0.3, 0.4) is 0 Å². The summed E-state index contributed by atoms with van der Waals surface area (Å²) >= 11 is 0. The van der Waals surface area contributed by atoms with Gasteiger partial charge in [0.25, 0.3) is 0 Å². The molecule has 0 N–H and O–H groups in total. The predicted molar refractivity (Wildman–Crippen MR) is 43.9 cm³/mol. The van der Waals surface area contributed by atoms with E-state index < -0.39 is 0 Å². The van der Waals surface area contributed by atoms with Gasteiger partial charge in [0.1, 0.15) is 5.69 Å². The smallest absolute Gasteiger partial charge is 0.243 e. The second kappa shape index (κ2) is 4.13. The van der Waals surface area contributed by atoms with E-state index in [-0.39, 0.29) is 17.4 Å². The summed E-state index contributed by atoms with van der Waals surface area (Å²) in [5.74, 6) is 0.432. The van der Waals surface area contributed by atoms with E-state index in [0.717, 1.165) is 0 Å². The molecule has 0 aliphatic heterocycles. The summed E-state index contributed by atoms with van der Waals surface area (Å²) in [6, 6.07) is 1.44. The maximum Gasteiger partial charge on any atom is 0.243 e. The minimum Gasteiger partial charge on any atom is -0.480 e. The number of hydrogen-bond donors (Lipinski definition) is 0. The Morgan fingerprint density at radius 3 is 2.69 bits per heavy atom. The van der Waals surface area contributed by atoms with Crippen LogP contribution in [0.15, 0.2) is 11.2 Å². The Morgan fingerprint density at radius 1 is 1.38 bits per heavy atom. The first-order valence-electron chi connectivity index (χ1n) is 3.32. The zero-order valence-corrected chi connectivity index (χ0v) is 7.13. The number of nitrogens with zero attached hydrogens (tertiary/aromatic N) is 5. The topological polar surface area (TPSA) is 93.0 Å². The Labute approximate surface area is 73.9 Å². The molecule has 1 aromatic heterocycles. The van der Waals surface area contributed by atoms with E-state index >= 15 is 0 Å². The van der Waals surface area contributed by atoms with Crippen LogP contribution < -0.4 is 9.47 Å². The van der Waals surface area contributed by atoms with Crippen LogP contribution in [0, 0.1) is 0 Å². The van der Waals surface area contributed by atoms with Crippen molar-refractivity contribution in [2.75, 3.05) is 14.2 Å². The minimum atomic E-state index is 0.165. The van der Waals surface area contributed by atoms with Crippen LogP contribution >= 0.6 is 0 Å². The van der Waals surface area contributed by atoms with E-state index in [2.05, 4.69) is 20.2 Å². The molecule has 1 aromatic rings. The molecule has 68 valence electrons. The van der Waals surface area contributed by atoms with Gasteiger partial charge in [-0.2, -0.15) is 0 Å². The molecule has 0 aliphatic rings. The highest BCUT2D eigenvalue weighted by molar-refractivity contribution is 5.48. The lowest BCUT2D eigenvalue weighted by Gasteiger charge is -2.02. The fourth-order valence-electron chi connectivity index (χ4n) is 0.718. The predicted octanol–water partition coefficient (Wildman–Crippen LogP) is 1.44. The van der Waals surface area contributed by atoms with Gasteiger partial charge in [-0.3, -0.25) is 0 Å². The van der Waals surface area contributed by atoms with Gasteiger partial charge in [-0.15, -0.1) is 10.2 Å². The Morgan fingerprint density at radius 2 is 2.15 bits per heavy atom. The van der Waals surface area contributed by atoms with E-state index in [1.54, 1.807) is 0 Å². The van der Waals surface area contributed by atoms with Crippen molar-refractivity contribution in [1.82, 2.24) is 10.2 Å². The number of hydrogen-bond acceptors (Lipinski definition) is 5. The molecule has 0 aliphatic carbocycles. The first-order valence-corrected chi connectivity index (χ1v) is 3.32. The molecule has 1 rings (SSSR count). The number of methoxy groups -OCH3 is 2. The van der Waals surface area contributed by atoms with Gasteiger partial charge in [0.15, 0.2) is 0 Å². The molecule has 0 spiro atoms. The van der Waals surface area contributed by atoms with Gasteiger partial charge < -0.3 is 9.47 Å². The SMILES string of the molecule is COc1cc(N=[N+]=[N-])c(OC)nn1. The van der Waals surface area contributed by atoms with E-state index in [1.165, 1.54) is 20.3 Å². The molecule has 0 radical (unpaired) electrons. The Balaban J connectivity index is 3.17.